The Bertz CT molecular complexity index is 560. The third-order valence-electron chi connectivity index (χ3n) is 2.99. The van der Waals surface area contributed by atoms with Crippen molar-refractivity contribution in [3.8, 4) is 0 Å². The molecule has 2 aromatic carbocycles. The van der Waals surface area contributed by atoms with E-state index in [1.54, 1.807) is 18.2 Å². The van der Waals surface area contributed by atoms with Crippen molar-refractivity contribution in [2.24, 2.45) is 0 Å². The fourth-order valence-corrected chi connectivity index (χ4v) is 1.98. The van der Waals surface area contributed by atoms with E-state index in [4.69, 9.17) is 0 Å². The molecule has 2 aromatic rings. The highest BCUT2D eigenvalue weighted by atomic mass is 19.4. The Labute approximate surface area is 103 Å². The molecule has 0 bridgehead atoms. The molecule has 0 aliphatic heterocycles. The standard InChI is InChI=1S/C14H13F3O/c1-2-9-6-7-10-4-3-5-11(12(10)8-9)13(18)14(15,16)17/h3-8,13,18H,2H2,1H3. The Morgan fingerprint density at radius 3 is 2.50 bits per heavy atom. The van der Waals surface area contributed by atoms with Crippen molar-refractivity contribution in [1.82, 2.24) is 0 Å². The summed E-state index contributed by atoms with van der Waals surface area (Å²) in [5, 5.41) is 10.6. The van der Waals surface area contributed by atoms with E-state index in [0.717, 1.165) is 12.0 Å². The molecule has 18 heavy (non-hydrogen) atoms. The fourth-order valence-electron chi connectivity index (χ4n) is 1.98. The van der Waals surface area contributed by atoms with E-state index in [9.17, 15) is 18.3 Å². The number of fused-ring (bicyclic) bond motifs is 1. The molecule has 0 spiro atoms. The lowest BCUT2D eigenvalue weighted by Crippen LogP contribution is -2.20. The number of aryl methyl sites for hydroxylation is 1. The van der Waals surface area contributed by atoms with Crippen LogP contribution in [-0.4, -0.2) is 11.3 Å². The van der Waals surface area contributed by atoms with Gasteiger partial charge in [-0.1, -0.05) is 43.3 Å². The molecular weight excluding hydrogens is 241 g/mol. The molecule has 1 nitrogen and oxygen atoms in total. The van der Waals surface area contributed by atoms with Crippen LogP contribution >= 0.6 is 0 Å². The molecule has 0 aliphatic rings. The van der Waals surface area contributed by atoms with Crippen LogP contribution in [0.3, 0.4) is 0 Å². The monoisotopic (exact) mass is 254 g/mol. The average Bonchev–Trinajstić information content (AvgIpc) is 2.35. The lowest BCUT2D eigenvalue weighted by Gasteiger charge is -2.17. The molecule has 0 saturated carbocycles. The summed E-state index contributed by atoms with van der Waals surface area (Å²) in [6.07, 6.45) is -6.34. The van der Waals surface area contributed by atoms with Crippen LogP contribution in [0, 0.1) is 0 Å². The molecule has 1 unspecified atom stereocenters. The van der Waals surface area contributed by atoms with Crippen molar-refractivity contribution in [2.45, 2.75) is 25.6 Å². The highest BCUT2D eigenvalue weighted by Gasteiger charge is 2.40. The van der Waals surface area contributed by atoms with Gasteiger partial charge in [-0.2, -0.15) is 13.2 Å². The zero-order chi connectivity index (χ0) is 13.3. The summed E-state index contributed by atoms with van der Waals surface area (Å²) in [5.41, 5.74) is 0.861. The minimum atomic E-state index is -4.64. The Morgan fingerprint density at radius 1 is 1.17 bits per heavy atom. The molecule has 4 heteroatoms. The molecule has 2 rings (SSSR count). The lowest BCUT2D eigenvalue weighted by molar-refractivity contribution is -0.206. The highest BCUT2D eigenvalue weighted by Crippen LogP contribution is 2.36. The van der Waals surface area contributed by atoms with Crippen molar-refractivity contribution in [3.05, 3.63) is 47.5 Å². The average molecular weight is 254 g/mol. The molecule has 1 atom stereocenters. The van der Waals surface area contributed by atoms with Crippen molar-refractivity contribution >= 4 is 10.8 Å². The maximum atomic E-state index is 12.6. The van der Waals surface area contributed by atoms with E-state index in [0.29, 0.717) is 10.8 Å². The van der Waals surface area contributed by atoms with Gasteiger partial charge in [-0.05, 0) is 28.3 Å². The number of aliphatic hydroxyl groups excluding tert-OH is 1. The number of halogens is 3. The van der Waals surface area contributed by atoms with Crippen LogP contribution in [-0.2, 0) is 6.42 Å². The highest BCUT2D eigenvalue weighted by molar-refractivity contribution is 5.86. The number of benzene rings is 2. The van der Waals surface area contributed by atoms with E-state index < -0.39 is 12.3 Å². The molecule has 0 aromatic heterocycles. The number of alkyl halides is 3. The van der Waals surface area contributed by atoms with Crippen LogP contribution in [0.5, 0.6) is 0 Å². The van der Waals surface area contributed by atoms with E-state index in [1.807, 2.05) is 13.0 Å². The summed E-state index contributed by atoms with van der Waals surface area (Å²) in [7, 11) is 0. The number of rotatable bonds is 2. The second kappa shape index (κ2) is 4.61. The van der Waals surface area contributed by atoms with Crippen molar-refractivity contribution < 1.29 is 18.3 Å². The maximum absolute atomic E-state index is 12.6. The van der Waals surface area contributed by atoms with Gasteiger partial charge in [0, 0.05) is 0 Å². The zero-order valence-corrected chi connectivity index (χ0v) is 9.83. The topological polar surface area (TPSA) is 20.2 Å². The van der Waals surface area contributed by atoms with Gasteiger partial charge in [-0.3, -0.25) is 0 Å². The Kier molecular flexibility index (Phi) is 3.30. The first kappa shape index (κ1) is 12.9. The first-order valence-corrected chi connectivity index (χ1v) is 5.70. The molecule has 0 saturated heterocycles. The van der Waals surface area contributed by atoms with Crippen LogP contribution in [0.4, 0.5) is 13.2 Å². The minimum Gasteiger partial charge on any atom is -0.379 e. The number of hydrogen-bond donors (Lipinski definition) is 1. The SMILES string of the molecule is CCc1ccc2cccc(C(O)C(F)(F)F)c2c1. The molecule has 0 aliphatic carbocycles. The van der Waals surface area contributed by atoms with E-state index in [1.165, 1.54) is 12.1 Å². The van der Waals surface area contributed by atoms with E-state index in [2.05, 4.69) is 0 Å². The largest absolute Gasteiger partial charge is 0.418 e. The van der Waals surface area contributed by atoms with Gasteiger partial charge in [0.05, 0.1) is 0 Å². The Morgan fingerprint density at radius 2 is 1.89 bits per heavy atom. The van der Waals surface area contributed by atoms with Gasteiger partial charge in [0.1, 0.15) is 0 Å². The quantitative estimate of drug-likeness (QED) is 0.858. The van der Waals surface area contributed by atoms with Crippen LogP contribution in [0.2, 0.25) is 0 Å². The van der Waals surface area contributed by atoms with Crippen molar-refractivity contribution in [1.29, 1.82) is 0 Å². The molecule has 96 valence electrons. The summed E-state index contributed by atoms with van der Waals surface area (Å²) >= 11 is 0. The maximum Gasteiger partial charge on any atom is 0.418 e. The van der Waals surface area contributed by atoms with Gasteiger partial charge in [0.15, 0.2) is 6.10 Å². The minimum absolute atomic E-state index is 0.0877. The molecule has 0 radical (unpaired) electrons. The van der Waals surface area contributed by atoms with Crippen molar-refractivity contribution in [2.75, 3.05) is 0 Å². The normalized spacial score (nSPS) is 13.8. The van der Waals surface area contributed by atoms with Gasteiger partial charge >= 0.3 is 6.18 Å². The summed E-state index contributed by atoms with van der Waals surface area (Å²) in [4.78, 5) is 0. The molecule has 0 heterocycles. The smallest absolute Gasteiger partial charge is 0.379 e. The zero-order valence-electron chi connectivity index (χ0n) is 9.83. The fraction of sp³-hybridized carbons (Fsp3) is 0.286. The first-order chi connectivity index (χ1) is 8.43. The van der Waals surface area contributed by atoms with E-state index in [-0.39, 0.29) is 5.56 Å². The number of hydrogen-bond acceptors (Lipinski definition) is 1. The van der Waals surface area contributed by atoms with Gasteiger partial charge in [-0.15, -0.1) is 0 Å². The van der Waals surface area contributed by atoms with Crippen LogP contribution < -0.4 is 0 Å². The summed E-state index contributed by atoms with van der Waals surface area (Å²) in [6, 6.07) is 9.95. The van der Waals surface area contributed by atoms with Gasteiger partial charge < -0.3 is 5.11 Å². The van der Waals surface area contributed by atoms with E-state index >= 15 is 0 Å². The molecule has 0 fully saturated rings. The molecule has 0 amide bonds. The van der Waals surface area contributed by atoms with Crippen LogP contribution in [0.25, 0.3) is 10.8 Å². The molecule has 1 N–H and O–H groups in total. The predicted molar refractivity (Wildman–Crippen MR) is 64.3 cm³/mol. The molecular formula is C14H13F3O. The first-order valence-electron chi connectivity index (χ1n) is 5.70. The lowest BCUT2D eigenvalue weighted by atomic mass is 9.97. The van der Waals surface area contributed by atoms with Gasteiger partial charge in [0.25, 0.3) is 0 Å². The number of aliphatic hydroxyl groups is 1. The summed E-state index contributed by atoms with van der Waals surface area (Å²) < 4.78 is 37.8. The third-order valence-corrected chi connectivity index (χ3v) is 2.99. The second-order valence-electron chi connectivity index (χ2n) is 4.20. The Balaban J connectivity index is 2.63. The summed E-state index contributed by atoms with van der Waals surface area (Å²) in [5.74, 6) is 0. The Hall–Kier alpha value is -1.55. The summed E-state index contributed by atoms with van der Waals surface area (Å²) in [6.45, 7) is 1.93. The third kappa shape index (κ3) is 2.34. The van der Waals surface area contributed by atoms with Gasteiger partial charge in [0.2, 0.25) is 0 Å². The van der Waals surface area contributed by atoms with Gasteiger partial charge in [-0.25, -0.2) is 0 Å². The predicted octanol–water partition coefficient (Wildman–Crippen LogP) is 4.00. The second-order valence-corrected chi connectivity index (χ2v) is 4.20. The van der Waals surface area contributed by atoms with Crippen LogP contribution in [0.15, 0.2) is 36.4 Å². The van der Waals surface area contributed by atoms with Crippen LogP contribution in [0.1, 0.15) is 24.2 Å². The van der Waals surface area contributed by atoms with Crippen molar-refractivity contribution in [3.63, 3.8) is 0 Å².